The highest BCUT2D eigenvalue weighted by molar-refractivity contribution is 4.91. The van der Waals surface area contributed by atoms with Crippen molar-refractivity contribution in [1.29, 1.82) is 0 Å². The highest BCUT2D eigenvalue weighted by Crippen LogP contribution is 2.46. The highest BCUT2D eigenvalue weighted by atomic mass is 16.5. The minimum absolute atomic E-state index is 0.492. The molecular formula is C25H46N2O. The zero-order valence-corrected chi connectivity index (χ0v) is 19.2. The van der Waals surface area contributed by atoms with E-state index in [0.717, 1.165) is 37.1 Å². The monoisotopic (exact) mass is 390 g/mol. The van der Waals surface area contributed by atoms with E-state index in [1.54, 1.807) is 0 Å². The molecular weight excluding hydrogens is 344 g/mol. The summed E-state index contributed by atoms with van der Waals surface area (Å²) in [5.74, 6) is 1.83. The van der Waals surface area contributed by atoms with Gasteiger partial charge in [-0.25, -0.2) is 0 Å². The first-order valence-electron chi connectivity index (χ1n) is 12.4. The number of hydrogen-bond donors (Lipinski definition) is 0. The Balaban J connectivity index is 1.22. The fraction of sp³-hybridized carbons (Fsp3) is 1.00. The number of hydrogen-bond acceptors (Lipinski definition) is 3. The van der Waals surface area contributed by atoms with Crippen LogP contribution in [-0.4, -0.2) is 61.3 Å². The molecule has 0 aromatic heterocycles. The molecule has 28 heavy (non-hydrogen) atoms. The zero-order chi connectivity index (χ0) is 19.8. The molecule has 1 saturated carbocycles. The molecule has 0 radical (unpaired) electrons. The van der Waals surface area contributed by atoms with Crippen molar-refractivity contribution >= 4 is 0 Å². The first kappa shape index (κ1) is 21.1. The van der Waals surface area contributed by atoms with Crippen molar-refractivity contribution < 1.29 is 4.74 Å². The number of nitrogens with zero attached hydrogens (tertiary/aromatic N) is 2. The lowest BCUT2D eigenvalue weighted by atomic mass is 9.64. The molecule has 0 aromatic carbocycles. The SMILES string of the molecule is CC(C)(CCC(C)(C)C1CCN(C2COC2)CC1)C1CCN(C2CCC2)CC1. The molecule has 4 aliphatic rings. The number of ether oxygens (including phenoxy) is 1. The summed E-state index contributed by atoms with van der Waals surface area (Å²) < 4.78 is 5.40. The maximum absolute atomic E-state index is 5.40. The Labute approximate surface area is 174 Å². The second kappa shape index (κ2) is 8.55. The van der Waals surface area contributed by atoms with Crippen molar-refractivity contribution in [2.24, 2.45) is 22.7 Å². The average molecular weight is 391 g/mol. The van der Waals surface area contributed by atoms with E-state index < -0.39 is 0 Å². The molecule has 0 amide bonds. The summed E-state index contributed by atoms with van der Waals surface area (Å²) in [6, 6.07) is 1.68. The van der Waals surface area contributed by atoms with Gasteiger partial charge in [0.25, 0.3) is 0 Å². The van der Waals surface area contributed by atoms with Gasteiger partial charge in [-0.05, 0) is 100 Å². The fourth-order valence-corrected chi connectivity index (χ4v) is 6.33. The summed E-state index contributed by atoms with van der Waals surface area (Å²) >= 11 is 0. The van der Waals surface area contributed by atoms with E-state index in [4.69, 9.17) is 4.74 Å². The van der Waals surface area contributed by atoms with E-state index in [1.807, 2.05) is 0 Å². The maximum atomic E-state index is 5.40. The molecule has 0 N–H and O–H groups in total. The lowest BCUT2D eigenvalue weighted by molar-refractivity contribution is -0.0795. The van der Waals surface area contributed by atoms with Gasteiger partial charge in [-0.1, -0.05) is 34.1 Å². The van der Waals surface area contributed by atoms with Crippen molar-refractivity contribution in [1.82, 2.24) is 9.80 Å². The molecule has 3 saturated heterocycles. The van der Waals surface area contributed by atoms with Crippen LogP contribution in [0.15, 0.2) is 0 Å². The molecule has 4 fully saturated rings. The normalized spacial score (nSPS) is 28.3. The van der Waals surface area contributed by atoms with Crippen molar-refractivity contribution in [2.45, 2.75) is 97.6 Å². The minimum Gasteiger partial charge on any atom is -0.378 e. The van der Waals surface area contributed by atoms with Gasteiger partial charge in [0.1, 0.15) is 0 Å². The summed E-state index contributed by atoms with van der Waals surface area (Å²) in [4.78, 5) is 5.50. The Kier molecular flexibility index (Phi) is 6.45. The molecule has 4 rings (SSSR count). The molecule has 3 aliphatic heterocycles. The van der Waals surface area contributed by atoms with Gasteiger partial charge in [0, 0.05) is 6.04 Å². The van der Waals surface area contributed by atoms with E-state index in [0.29, 0.717) is 10.8 Å². The summed E-state index contributed by atoms with van der Waals surface area (Å²) in [7, 11) is 0. The molecule has 0 aromatic rings. The van der Waals surface area contributed by atoms with Crippen LogP contribution >= 0.6 is 0 Å². The topological polar surface area (TPSA) is 15.7 Å². The predicted molar refractivity (Wildman–Crippen MR) is 118 cm³/mol. The van der Waals surface area contributed by atoms with Crippen molar-refractivity contribution in [2.75, 3.05) is 39.4 Å². The standard InChI is InChI=1S/C25H46N2O/c1-24(2,20-8-14-26(15-9-20)22-6-5-7-22)12-13-25(3,4)21-10-16-27(17-11-21)23-18-28-19-23/h20-23H,5-19H2,1-4H3. The van der Waals surface area contributed by atoms with Crippen molar-refractivity contribution in [3.63, 3.8) is 0 Å². The average Bonchev–Trinajstić information content (AvgIpc) is 2.58. The van der Waals surface area contributed by atoms with Crippen molar-refractivity contribution in [3.8, 4) is 0 Å². The van der Waals surface area contributed by atoms with Crippen LogP contribution in [0.4, 0.5) is 0 Å². The smallest absolute Gasteiger partial charge is 0.0645 e. The zero-order valence-electron chi connectivity index (χ0n) is 19.2. The Morgan fingerprint density at radius 2 is 1.07 bits per heavy atom. The van der Waals surface area contributed by atoms with Crippen molar-refractivity contribution in [3.05, 3.63) is 0 Å². The lowest BCUT2D eigenvalue weighted by Gasteiger charge is -2.48. The van der Waals surface area contributed by atoms with Crippen LogP contribution in [0.5, 0.6) is 0 Å². The molecule has 0 bridgehead atoms. The van der Waals surface area contributed by atoms with Crippen LogP contribution in [0.3, 0.4) is 0 Å². The Morgan fingerprint density at radius 3 is 1.39 bits per heavy atom. The second-order valence-corrected chi connectivity index (χ2v) is 11.9. The third-order valence-corrected chi connectivity index (χ3v) is 9.41. The Morgan fingerprint density at radius 1 is 0.643 bits per heavy atom. The van der Waals surface area contributed by atoms with Crippen LogP contribution in [0.1, 0.15) is 85.5 Å². The van der Waals surface area contributed by atoms with Gasteiger partial charge in [-0.15, -0.1) is 0 Å². The maximum Gasteiger partial charge on any atom is 0.0645 e. The van der Waals surface area contributed by atoms with Crippen LogP contribution in [-0.2, 0) is 4.74 Å². The first-order valence-corrected chi connectivity index (χ1v) is 12.4. The Bertz CT molecular complexity index is 447. The fourth-order valence-electron chi connectivity index (χ4n) is 6.33. The van der Waals surface area contributed by atoms with Crippen LogP contribution < -0.4 is 0 Å². The molecule has 3 heterocycles. The minimum atomic E-state index is 0.492. The van der Waals surface area contributed by atoms with Crippen LogP contribution in [0.25, 0.3) is 0 Å². The van der Waals surface area contributed by atoms with Gasteiger partial charge >= 0.3 is 0 Å². The third-order valence-electron chi connectivity index (χ3n) is 9.41. The number of piperidine rings is 2. The number of likely N-dealkylation sites (tertiary alicyclic amines) is 2. The van der Waals surface area contributed by atoms with Gasteiger partial charge in [-0.2, -0.15) is 0 Å². The molecule has 3 nitrogen and oxygen atoms in total. The van der Waals surface area contributed by atoms with Crippen LogP contribution in [0.2, 0.25) is 0 Å². The quantitative estimate of drug-likeness (QED) is 0.594. The molecule has 0 spiro atoms. The summed E-state index contributed by atoms with van der Waals surface area (Å²) in [6.45, 7) is 17.6. The van der Waals surface area contributed by atoms with E-state index in [2.05, 4.69) is 37.5 Å². The van der Waals surface area contributed by atoms with Crippen LogP contribution in [0, 0.1) is 22.7 Å². The summed E-state index contributed by atoms with van der Waals surface area (Å²) in [5, 5.41) is 0. The molecule has 3 heteroatoms. The highest BCUT2D eigenvalue weighted by Gasteiger charge is 2.39. The van der Waals surface area contributed by atoms with E-state index in [9.17, 15) is 0 Å². The molecule has 162 valence electrons. The second-order valence-electron chi connectivity index (χ2n) is 11.9. The van der Waals surface area contributed by atoms with Gasteiger partial charge in [0.05, 0.1) is 19.3 Å². The Hall–Kier alpha value is -0.120. The first-order chi connectivity index (χ1) is 13.4. The van der Waals surface area contributed by atoms with Gasteiger partial charge in [0.15, 0.2) is 0 Å². The van der Waals surface area contributed by atoms with Gasteiger partial charge in [0.2, 0.25) is 0 Å². The molecule has 1 aliphatic carbocycles. The van der Waals surface area contributed by atoms with E-state index in [1.165, 1.54) is 84.0 Å². The predicted octanol–water partition coefficient (Wildman–Crippen LogP) is 5.19. The summed E-state index contributed by atoms with van der Waals surface area (Å²) in [6.07, 6.45) is 12.9. The summed E-state index contributed by atoms with van der Waals surface area (Å²) in [5.41, 5.74) is 0.999. The lowest BCUT2D eigenvalue weighted by Crippen LogP contribution is -2.52. The molecule has 0 atom stereocenters. The van der Waals surface area contributed by atoms with E-state index >= 15 is 0 Å². The van der Waals surface area contributed by atoms with E-state index in [-0.39, 0.29) is 0 Å². The van der Waals surface area contributed by atoms with Gasteiger partial charge < -0.3 is 9.64 Å². The number of rotatable bonds is 7. The van der Waals surface area contributed by atoms with Gasteiger partial charge in [-0.3, -0.25) is 4.90 Å². The third kappa shape index (κ3) is 4.62. The largest absolute Gasteiger partial charge is 0.378 e. The molecule has 0 unspecified atom stereocenters.